The number of amides is 2. The van der Waals surface area contributed by atoms with Gasteiger partial charge in [-0.3, -0.25) is 9.59 Å². The summed E-state index contributed by atoms with van der Waals surface area (Å²) in [4.78, 5) is 24.8. The van der Waals surface area contributed by atoms with Gasteiger partial charge in [0.1, 0.15) is 23.9 Å². The molecular formula is C34H32N4O5. The molecule has 0 radical (unpaired) electrons. The van der Waals surface area contributed by atoms with Crippen molar-refractivity contribution < 1.29 is 23.5 Å². The highest BCUT2D eigenvalue weighted by Crippen LogP contribution is 2.21. The summed E-state index contributed by atoms with van der Waals surface area (Å²) < 4.78 is 19.3. The van der Waals surface area contributed by atoms with Crippen LogP contribution in [0.15, 0.2) is 107 Å². The molecule has 3 aromatic carbocycles. The van der Waals surface area contributed by atoms with E-state index in [0.717, 1.165) is 28.3 Å². The lowest BCUT2D eigenvalue weighted by atomic mass is 10.2. The van der Waals surface area contributed by atoms with Crippen LogP contribution in [0.5, 0.6) is 11.5 Å². The summed E-state index contributed by atoms with van der Waals surface area (Å²) >= 11 is 0. The van der Waals surface area contributed by atoms with E-state index in [2.05, 4.69) is 46.4 Å². The van der Waals surface area contributed by atoms with Crippen LogP contribution in [0.3, 0.4) is 0 Å². The first-order valence-corrected chi connectivity index (χ1v) is 13.7. The number of benzene rings is 3. The predicted molar refractivity (Wildman–Crippen MR) is 165 cm³/mol. The molecule has 9 nitrogen and oxygen atoms in total. The standard InChI is InChI=1S/C34H32N4O5/c1-23-7-4-5-10-31(23)36-33(39)22-42-29-9-6-8-26(19-29)20-35-37-34(40)32-18-17-30(43-32)21-41-28-15-13-27(14-16-28)38-24(2)11-12-25(38)3/h4-20H,21-22H2,1-3H3,(H,36,39)(H,37,40)/b35-20+. The zero-order valence-electron chi connectivity index (χ0n) is 24.2. The third-order valence-electron chi connectivity index (χ3n) is 6.66. The molecule has 0 saturated heterocycles. The smallest absolute Gasteiger partial charge is 0.307 e. The highest BCUT2D eigenvalue weighted by molar-refractivity contribution is 5.93. The molecule has 5 aromatic rings. The van der Waals surface area contributed by atoms with Gasteiger partial charge in [-0.2, -0.15) is 5.10 Å². The highest BCUT2D eigenvalue weighted by atomic mass is 16.5. The average molecular weight is 577 g/mol. The zero-order valence-corrected chi connectivity index (χ0v) is 24.2. The molecule has 0 spiro atoms. The van der Waals surface area contributed by atoms with Gasteiger partial charge < -0.3 is 23.8 Å². The Balaban J connectivity index is 1.08. The van der Waals surface area contributed by atoms with Gasteiger partial charge in [0.25, 0.3) is 5.91 Å². The van der Waals surface area contributed by atoms with Crippen molar-refractivity contribution in [3.05, 3.63) is 131 Å². The second kappa shape index (κ2) is 13.4. The van der Waals surface area contributed by atoms with E-state index in [-0.39, 0.29) is 24.9 Å². The molecule has 2 N–H and O–H groups in total. The van der Waals surface area contributed by atoms with Crippen LogP contribution in [0, 0.1) is 20.8 Å². The minimum Gasteiger partial charge on any atom is -0.486 e. The van der Waals surface area contributed by atoms with Crippen molar-refractivity contribution in [3.8, 4) is 17.2 Å². The summed E-state index contributed by atoms with van der Waals surface area (Å²) in [5.41, 5.74) is 8.23. The number of para-hydroxylation sites is 1. The Bertz CT molecular complexity index is 1730. The van der Waals surface area contributed by atoms with E-state index in [1.807, 2.05) is 55.5 Å². The summed E-state index contributed by atoms with van der Waals surface area (Å²) in [6.45, 7) is 6.09. The summed E-state index contributed by atoms with van der Waals surface area (Å²) in [5.74, 6) is 1.05. The molecule has 218 valence electrons. The predicted octanol–water partition coefficient (Wildman–Crippen LogP) is 6.36. The fraction of sp³-hybridized carbons (Fsp3) is 0.147. The van der Waals surface area contributed by atoms with Crippen molar-refractivity contribution in [1.82, 2.24) is 9.99 Å². The molecule has 43 heavy (non-hydrogen) atoms. The van der Waals surface area contributed by atoms with Gasteiger partial charge in [0, 0.05) is 22.8 Å². The van der Waals surface area contributed by atoms with E-state index < -0.39 is 5.91 Å². The zero-order chi connectivity index (χ0) is 30.2. The van der Waals surface area contributed by atoms with E-state index in [1.54, 1.807) is 36.4 Å². The monoisotopic (exact) mass is 576 g/mol. The van der Waals surface area contributed by atoms with Gasteiger partial charge in [0.05, 0.1) is 6.21 Å². The van der Waals surface area contributed by atoms with Crippen molar-refractivity contribution in [2.24, 2.45) is 5.10 Å². The number of aromatic nitrogens is 1. The summed E-state index contributed by atoms with van der Waals surface area (Å²) in [6.07, 6.45) is 1.48. The molecule has 2 aromatic heterocycles. The largest absolute Gasteiger partial charge is 0.486 e. The Morgan fingerprint density at radius 3 is 2.37 bits per heavy atom. The van der Waals surface area contributed by atoms with Gasteiger partial charge in [-0.15, -0.1) is 0 Å². The first-order valence-electron chi connectivity index (χ1n) is 13.7. The second-order valence-electron chi connectivity index (χ2n) is 9.92. The Morgan fingerprint density at radius 1 is 0.837 bits per heavy atom. The second-order valence-corrected chi connectivity index (χ2v) is 9.92. The lowest BCUT2D eigenvalue weighted by molar-refractivity contribution is -0.118. The maximum Gasteiger partial charge on any atom is 0.307 e. The molecule has 0 aliphatic carbocycles. The van der Waals surface area contributed by atoms with Gasteiger partial charge in [-0.05, 0) is 98.6 Å². The van der Waals surface area contributed by atoms with E-state index in [0.29, 0.717) is 22.8 Å². The van der Waals surface area contributed by atoms with Crippen LogP contribution in [0.2, 0.25) is 0 Å². The van der Waals surface area contributed by atoms with Crippen LogP contribution < -0.4 is 20.2 Å². The van der Waals surface area contributed by atoms with Gasteiger partial charge >= 0.3 is 5.91 Å². The first-order chi connectivity index (χ1) is 20.9. The van der Waals surface area contributed by atoms with E-state index in [4.69, 9.17) is 13.9 Å². The normalized spacial score (nSPS) is 11.0. The Labute approximate surface area is 249 Å². The average Bonchev–Trinajstić information content (AvgIpc) is 3.62. The summed E-state index contributed by atoms with van der Waals surface area (Å²) in [6, 6.07) is 29.8. The third-order valence-corrected chi connectivity index (χ3v) is 6.66. The molecule has 0 bridgehead atoms. The van der Waals surface area contributed by atoms with Crippen molar-refractivity contribution in [2.75, 3.05) is 11.9 Å². The minimum atomic E-state index is -0.496. The highest BCUT2D eigenvalue weighted by Gasteiger charge is 2.12. The number of furan rings is 1. The number of carbonyl (C=O) groups excluding carboxylic acids is 2. The maximum absolute atomic E-state index is 12.5. The van der Waals surface area contributed by atoms with Crippen molar-refractivity contribution in [2.45, 2.75) is 27.4 Å². The van der Waals surface area contributed by atoms with E-state index in [1.165, 1.54) is 6.21 Å². The number of rotatable bonds is 11. The maximum atomic E-state index is 12.5. The van der Waals surface area contributed by atoms with Crippen LogP contribution in [-0.4, -0.2) is 29.2 Å². The molecule has 5 rings (SSSR count). The summed E-state index contributed by atoms with van der Waals surface area (Å²) in [7, 11) is 0. The molecule has 0 fully saturated rings. The van der Waals surface area contributed by atoms with Gasteiger partial charge in [-0.1, -0.05) is 30.3 Å². The number of hydrogen-bond donors (Lipinski definition) is 2. The van der Waals surface area contributed by atoms with Crippen LogP contribution in [0.4, 0.5) is 5.69 Å². The van der Waals surface area contributed by atoms with Crippen LogP contribution in [0.1, 0.15) is 38.8 Å². The van der Waals surface area contributed by atoms with Crippen molar-refractivity contribution in [3.63, 3.8) is 0 Å². The Morgan fingerprint density at radius 2 is 1.60 bits per heavy atom. The molecule has 2 heterocycles. The quantitative estimate of drug-likeness (QED) is 0.141. The van der Waals surface area contributed by atoms with E-state index >= 15 is 0 Å². The van der Waals surface area contributed by atoms with Crippen LogP contribution >= 0.6 is 0 Å². The lowest BCUT2D eigenvalue weighted by Gasteiger charge is -2.10. The number of hydrazone groups is 1. The summed E-state index contributed by atoms with van der Waals surface area (Å²) in [5, 5.41) is 6.84. The number of carbonyl (C=O) groups is 2. The van der Waals surface area contributed by atoms with Gasteiger partial charge in [0.15, 0.2) is 12.4 Å². The molecule has 0 unspecified atom stereocenters. The van der Waals surface area contributed by atoms with Crippen molar-refractivity contribution >= 4 is 23.7 Å². The van der Waals surface area contributed by atoms with Crippen LogP contribution in [0.25, 0.3) is 5.69 Å². The topological polar surface area (TPSA) is 107 Å². The molecule has 0 atom stereocenters. The SMILES string of the molecule is Cc1ccccc1NC(=O)COc1cccc(/C=N/NC(=O)c2ccc(COc3ccc(-n4c(C)ccc4C)cc3)o2)c1. The number of nitrogens with one attached hydrogen (secondary N) is 2. The number of hydrogen-bond acceptors (Lipinski definition) is 6. The Hall–Kier alpha value is -5.57. The molecule has 0 aliphatic heterocycles. The molecule has 9 heteroatoms. The fourth-order valence-corrected chi connectivity index (χ4v) is 4.45. The van der Waals surface area contributed by atoms with Crippen molar-refractivity contribution in [1.29, 1.82) is 0 Å². The fourth-order valence-electron chi connectivity index (χ4n) is 4.45. The van der Waals surface area contributed by atoms with Gasteiger partial charge in [0.2, 0.25) is 0 Å². The third kappa shape index (κ3) is 7.59. The number of anilines is 1. The Kier molecular flexibility index (Phi) is 9.02. The molecule has 0 saturated carbocycles. The molecule has 2 amide bonds. The number of ether oxygens (including phenoxy) is 2. The minimum absolute atomic E-state index is 0.112. The van der Waals surface area contributed by atoms with Gasteiger partial charge in [-0.25, -0.2) is 5.43 Å². The first kappa shape index (κ1) is 28.9. The molecular weight excluding hydrogens is 544 g/mol. The number of aryl methyl sites for hydroxylation is 3. The van der Waals surface area contributed by atoms with Crippen LogP contribution in [-0.2, 0) is 11.4 Å². The lowest BCUT2D eigenvalue weighted by Crippen LogP contribution is -2.20. The molecule has 0 aliphatic rings. The van der Waals surface area contributed by atoms with E-state index in [9.17, 15) is 9.59 Å². The number of nitrogens with zero attached hydrogens (tertiary/aromatic N) is 2.